The normalized spacial score (nSPS) is 17.1. The zero-order valence-electron chi connectivity index (χ0n) is 20.6. The molecule has 1 aliphatic heterocycles. The van der Waals surface area contributed by atoms with E-state index in [0.717, 1.165) is 58.0 Å². The van der Waals surface area contributed by atoms with Gasteiger partial charge in [-0.2, -0.15) is 0 Å². The van der Waals surface area contributed by atoms with Crippen molar-refractivity contribution in [1.82, 2.24) is 20.9 Å². The van der Waals surface area contributed by atoms with Crippen LogP contribution in [0.1, 0.15) is 60.8 Å². The molecule has 9 heteroatoms. The molecule has 1 atom stereocenters. The van der Waals surface area contributed by atoms with E-state index >= 15 is 0 Å². The number of likely N-dealkylation sites (tertiary alicyclic amines) is 1. The van der Waals surface area contributed by atoms with Crippen LogP contribution in [-0.2, 0) is 9.47 Å². The molecule has 0 radical (unpaired) electrons. The number of halogens is 1. The standard InChI is InChI=1S/C22H45N5O3.HI/c1-8-23-20(25-18-10-13-27(14-11-18)12-9-15-29-7)24-16-19(17(2)3)26-21(28)30-22(4,5)6;/h17-19H,8-16H2,1-7H3,(H,26,28)(H2,23,24,25);1H. The number of guanidine groups is 1. The lowest BCUT2D eigenvalue weighted by Gasteiger charge is -2.33. The number of amides is 1. The molecule has 1 aliphatic rings. The Bertz CT molecular complexity index is 518. The van der Waals surface area contributed by atoms with Crippen molar-refractivity contribution in [3.63, 3.8) is 0 Å². The van der Waals surface area contributed by atoms with Crippen LogP contribution in [0.3, 0.4) is 0 Å². The maximum Gasteiger partial charge on any atom is 0.407 e. The predicted octanol–water partition coefficient (Wildman–Crippen LogP) is 3.21. The molecular weight excluding hydrogens is 509 g/mol. The third-order valence-electron chi connectivity index (χ3n) is 5.05. The molecule has 31 heavy (non-hydrogen) atoms. The number of ether oxygens (including phenoxy) is 2. The van der Waals surface area contributed by atoms with Gasteiger partial charge in [0.25, 0.3) is 0 Å². The van der Waals surface area contributed by atoms with Gasteiger partial charge in [0.05, 0.1) is 12.6 Å². The lowest BCUT2D eigenvalue weighted by Crippen LogP contribution is -2.49. The molecule has 0 aromatic carbocycles. The third-order valence-corrected chi connectivity index (χ3v) is 5.05. The van der Waals surface area contributed by atoms with Gasteiger partial charge in [0.15, 0.2) is 5.96 Å². The fourth-order valence-corrected chi connectivity index (χ4v) is 3.32. The van der Waals surface area contributed by atoms with E-state index in [1.807, 2.05) is 20.8 Å². The fourth-order valence-electron chi connectivity index (χ4n) is 3.32. The van der Waals surface area contributed by atoms with Crippen LogP contribution < -0.4 is 16.0 Å². The average molecular weight is 556 g/mol. The Morgan fingerprint density at radius 2 is 1.87 bits per heavy atom. The first-order chi connectivity index (χ1) is 14.1. The number of methoxy groups -OCH3 is 1. The SMILES string of the molecule is CCNC(=NCC(NC(=O)OC(C)(C)C)C(C)C)NC1CCN(CCCOC)CC1.I. The van der Waals surface area contributed by atoms with E-state index in [9.17, 15) is 4.79 Å². The van der Waals surface area contributed by atoms with Crippen molar-refractivity contribution in [2.24, 2.45) is 10.9 Å². The maximum absolute atomic E-state index is 12.2. The lowest BCUT2D eigenvalue weighted by atomic mass is 10.0. The molecule has 0 saturated carbocycles. The summed E-state index contributed by atoms with van der Waals surface area (Å²) in [6, 6.07) is 0.329. The Morgan fingerprint density at radius 1 is 1.23 bits per heavy atom. The molecule has 0 spiro atoms. The molecule has 0 aromatic heterocycles. The molecular formula is C22H46IN5O3. The molecule has 1 unspecified atom stereocenters. The van der Waals surface area contributed by atoms with Crippen molar-refractivity contribution >= 4 is 36.0 Å². The fraction of sp³-hybridized carbons (Fsp3) is 0.909. The molecule has 184 valence electrons. The second-order valence-electron chi connectivity index (χ2n) is 9.32. The number of aliphatic imine (C=N–C) groups is 1. The van der Waals surface area contributed by atoms with Gasteiger partial charge >= 0.3 is 6.09 Å². The quantitative estimate of drug-likeness (QED) is 0.166. The number of alkyl carbamates (subject to hydrolysis) is 1. The number of hydrogen-bond acceptors (Lipinski definition) is 5. The summed E-state index contributed by atoms with van der Waals surface area (Å²) >= 11 is 0. The van der Waals surface area contributed by atoms with Crippen LogP contribution in [0.2, 0.25) is 0 Å². The minimum atomic E-state index is -0.510. The van der Waals surface area contributed by atoms with E-state index in [1.54, 1.807) is 7.11 Å². The lowest BCUT2D eigenvalue weighted by molar-refractivity contribution is 0.0493. The smallest absolute Gasteiger partial charge is 0.407 e. The van der Waals surface area contributed by atoms with Crippen molar-refractivity contribution in [1.29, 1.82) is 0 Å². The Balaban J connectivity index is 0.00000900. The maximum atomic E-state index is 12.2. The van der Waals surface area contributed by atoms with Crippen LogP contribution in [0.25, 0.3) is 0 Å². The summed E-state index contributed by atoms with van der Waals surface area (Å²) in [4.78, 5) is 19.4. The second kappa shape index (κ2) is 15.9. The highest BCUT2D eigenvalue weighted by atomic mass is 127. The van der Waals surface area contributed by atoms with Gasteiger partial charge in [0, 0.05) is 45.9 Å². The van der Waals surface area contributed by atoms with Crippen LogP contribution in [0.5, 0.6) is 0 Å². The van der Waals surface area contributed by atoms with Crippen LogP contribution in [-0.4, -0.2) is 81.1 Å². The van der Waals surface area contributed by atoms with Gasteiger partial charge in [0.1, 0.15) is 5.60 Å². The molecule has 0 aromatic rings. The monoisotopic (exact) mass is 555 g/mol. The predicted molar refractivity (Wildman–Crippen MR) is 138 cm³/mol. The van der Waals surface area contributed by atoms with Crippen molar-refractivity contribution in [3.8, 4) is 0 Å². The Labute approximate surface area is 206 Å². The largest absolute Gasteiger partial charge is 0.444 e. The van der Waals surface area contributed by atoms with Crippen molar-refractivity contribution in [3.05, 3.63) is 0 Å². The van der Waals surface area contributed by atoms with E-state index in [1.165, 1.54) is 0 Å². The van der Waals surface area contributed by atoms with Crippen LogP contribution in [0.15, 0.2) is 4.99 Å². The van der Waals surface area contributed by atoms with Gasteiger partial charge in [-0.15, -0.1) is 24.0 Å². The molecule has 1 amide bonds. The summed E-state index contributed by atoms with van der Waals surface area (Å²) < 4.78 is 10.5. The summed E-state index contributed by atoms with van der Waals surface area (Å²) in [7, 11) is 1.75. The number of carbonyl (C=O) groups is 1. The first-order valence-corrected chi connectivity index (χ1v) is 11.4. The molecule has 0 aliphatic carbocycles. The summed E-state index contributed by atoms with van der Waals surface area (Å²) in [5.74, 6) is 1.06. The highest BCUT2D eigenvalue weighted by Gasteiger charge is 2.22. The first-order valence-electron chi connectivity index (χ1n) is 11.4. The van der Waals surface area contributed by atoms with Gasteiger partial charge in [0.2, 0.25) is 0 Å². The summed E-state index contributed by atoms with van der Waals surface area (Å²) in [6.45, 7) is 17.2. The van der Waals surface area contributed by atoms with Gasteiger partial charge in [-0.1, -0.05) is 13.8 Å². The molecule has 1 rings (SSSR count). The molecule has 1 saturated heterocycles. The van der Waals surface area contributed by atoms with Crippen molar-refractivity contribution in [2.75, 3.05) is 46.4 Å². The van der Waals surface area contributed by atoms with Gasteiger partial charge < -0.3 is 30.3 Å². The van der Waals surface area contributed by atoms with Crippen LogP contribution in [0.4, 0.5) is 4.79 Å². The number of carbonyl (C=O) groups excluding carboxylic acids is 1. The second-order valence-corrected chi connectivity index (χ2v) is 9.32. The van der Waals surface area contributed by atoms with E-state index < -0.39 is 11.7 Å². The summed E-state index contributed by atoms with van der Waals surface area (Å²) in [5, 5.41) is 9.87. The topological polar surface area (TPSA) is 87.2 Å². The van der Waals surface area contributed by atoms with Crippen molar-refractivity contribution in [2.45, 2.75) is 78.5 Å². The number of piperidine rings is 1. The number of rotatable bonds is 10. The minimum Gasteiger partial charge on any atom is -0.444 e. The number of nitrogens with one attached hydrogen (secondary N) is 3. The molecule has 0 bridgehead atoms. The van der Waals surface area contributed by atoms with Crippen molar-refractivity contribution < 1.29 is 14.3 Å². The zero-order chi connectivity index (χ0) is 22.6. The molecule has 1 heterocycles. The molecule has 8 nitrogen and oxygen atoms in total. The van der Waals surface area contributed by atoms with E-state index in [-0.39, 0.29) is 35.9 Å². The zero-order valence-corrected chi connectivity index (χ0v) is 23.0. The number of nitrogens with zero attached hydrogens (tertiary/aromatic N) is 2. The Hall–Kier alpha value is -0.810. The van der Waals surface area contributed by atoms with Crippen LogP contribution >= 0.6 is 24.0 Å². The Morgan fingerprint density at radius 3 is 2.39 bits per heavy atom. The van der Waals surface area contributed by atoms with Gasteiger partial charge in [-0.05, 0) is 52.9 Å². The highest BCUT2D eigenvalue weighted by Crippen LogP contribution is 2.11. The highest BCUT2D eigenvalue weighted by molar-refractivity contribution is 14.0. The van der Waals surface area contributed by atoms with Gasteiger partial charge in [-0.3, -0.25) is 4.99 Å². The Kier molecular flexibility index (Phi) is 15.5. The minimum absolute atomic E-state index is 0. The van der Waals surface area contributed by atoms with Crippen LogP contribution in [0, 0.1) is 5.92 Å². The summed E-state index contributed by atoms with van der Waals surface area (Å²) in [6.07, 6.45) is 2.89. The third kappa shape index (κ3) is 14.1. The number of hydrogen-bond donors (Lipinski definition) is 3. The molecule has 3 N–H and O–H groups in total. The van der Waals surface area contributed by atoms with Gasteiger partial charge in [-0.25, -0.2) is 4.79 Å². The average Bonchev–Trinajstić information content (AvgIpc) is 2.65. The van der Waals surface area contributed by atoms with E-state index in [0.29, 0.717) is 12.6 Å². The molecule has 1 fully saturated rings. The first kappa shape index (κ1) is 30.2. The van der Waals surface area contributed by atoms with E-state index in [4.69, 9.17) is 14.5 Å². The van der Waals surface area contributed by atoms with E-state index in [2.05, 4.69) is 41.6 Å². The summed E-state index contributed by atoms with van der Waals surface area (Å²) in [5.41, 5.74) is -0.510.